The first-order valence-corrected chi connectivity index (χ1v) is 13.3. The lowest BCUT2D eigenvalue weighted by atomic mass is 9.99. The fourth-order valence-corrected chi connectivity index (χ4v) is 4.17. The summed E-state index contributed by atoms with van der Waals surface area (Å²) in [5.74, 6) is -1.78. The molecule has 1 atom stereocenters. The van der Waals surface area contributed by atoms with Gasteiger partial charge >= 0.3 is 5.97 Å². The van der Waals surface area contributed by atoms with Gasteiger partial charge in [0, 0.05) is 44.6 Å². The number of likely N-dealkylation sites (tertiary alicyclic amines) is 1. The average Bonchev–Trinajstić information content (AvgIpc) is 2.90. The van der Waals surface area contributed by atoms with E-state index in [1.165, 1.54) is 12.1 Å². The molecule has 0 bridgehead atoms. The van der Waals surface area contributed by atoms with E-state index in [-0.39, 0.29) is 29.9 Å². The van der Waals surface area contributed by atoms with Crippen LogP contribution < -0.4 is 10.1 Å². The van der Waals surface area contributed by atoms with Gasteiger partial charge in [-0.1, -0.05) is 33.3 Å². The molecular formula is C30H36F2N2O5. The van der Waals surface area contributed by atoms with Crippen LogP contribution in [-0.2, 0) is 25.7 Å². The number of unbranched alkanes of at least 4 members (excludes halogenated alkanes) is 1. The normalized spacial score (nSPS) is 14.6. The zero-order chi connectivity index (χ0) is 28.4. The van der Waals surface area contributed by atoms with Gasteiger partial charge in [0.1, 0.15) is 17.3 Å². The molecule has 0 aliphatic carbocycles. The Bertz CT molecular complexity index is 1190. The van der Waals surface area contributed by atoms with Crippen LogP contribution >= 0.6 is 0 Å². The Morgan fingerprint density at radius 1 is 1.10 bits per heavy atom. The Morgan fingerprint density at radius 2 is 1.85 bits per heavy atom. The number of hydrogen-bond acceptors (Lipinski definition) is 6. The smallest absolute Gasteiger partial charge is 0.330 e. The van der Waals surface area contributed by atoms with Crippen molar-refractivity contribution in [3.05, 3.63) is 65.2 Å². The van der Waals surface area contributed by atoms with Gasteiger partial charge in [-0.15, -0.1) is 0 Å². The van der Waals surface area contributed by atoms with Gasteiger partial charge in [0.25, 0.3) is 0 Å². The van der Waals surface area contributed by atoms with E-state index in [4.69, 9.17) is 9.47 Å². The van der Waals surface area contributed by atoms with Crippen molar-refractivity contribution in [2.75, 3.05) is 19.7 Å². The van der Waals surface area contributed by atoms with Crippen LogP contribution in [0.5, 0.6) is 11.5 Å². The Morgan fingerprint density at radius 3 is 2.51 bits per heavy atom. The van der Waals surface area contributed by atoms with Crippen LogP contribution in [0.25, 0.3) is 6.08 Å². The van der Waals surface area contributed by atoms with Gasteiger partial charge in [0.05, 0.1) is 12.6 Å². The molecule has 1 fully saturated rings. The zero-order valence-electron chi connectivity index (χ0n) is 22.7. The van der Waals surface area contributed by atoms with E-state index in [2.05, 4.69) is 5.32 Å². The first kappa shape index (κ1) is 30.0. The number of nitrogens with one attached hydrogen (secondary N) is 1. The largest absolute Gasteiger partial charge is 0.463 e. The van der Waals surface area contributed by atoms with Crippen LogP contribution in [0.3, 0.4) is 0 Å². The van der Waals surface area contributed by atoms with Crippen molar-refractivity contribution >= 4 is 23.7 Å². The molecule has 1 heterocycles. The predicted molar refractivity (Wildman–Crippen MR) is 144 cm³/mol. The number of piperidine rings is 1. The highest BCUT2D eigenvalue weighted by atomic mass is 19.1. The Kier molecular flexibility index (Phi) is 11.2. The number of carbonyl (C=O) groups is 3. The minimum absolute atomic E-state index is 0.0320. The topological polar surface area (TPSA) is 84.9 Å². The number of carbonyl (C=O) groups excluding carboxylic acids is 3. The SMILES string of the molecule is CCCCOC(=O)/C=C/c1ccc(Oc2ccc(F)cc2F)cc1CN[C@@H](C(=O)N1CCC(=O)CC1)C(C)C. The number of amides is 1. The summed E-state index contributed by atoms with van der Waals surface area (Å²) in [7, 11) is 0. The molecule has 1 saturated heterocycles. The van der Waals surface area contributed by atoms with Crippen molar-refractivity contribution in [3.63, 3.8) is 0 Å². The number of Topliss-reactive ketones (excluding diaryl/α,β-unsaturated/α-hetero) is 1. The van der Waals surface area contributed by atoms with E-state index >= 15 is 0 Å². The number of nitrogens with zero attached hydrogens (tertiary/aromatic N) is 1. The molecule has 0 spiro atoms. The summed E-state index contributed by atoms with van der Waals surface area (Å²) in [6, 6.07) is 7.56. The zero-order valence-corrected chi connectivity index (χ0v) is 22.7. The van der Waals surface area contributed by atoms with Crippen LogP contribution in [0, 0.1) is 17.6 Å². The first-order valence-electron chi connectivity index (χ1n) is 13.3. The summed E-state index contributed by atoms with van der Waals surface area (Å²) in [4.78, 5) is 38.7. The van der Waals surface area contributed by atoms with E-state index in [9.17, 15) is 23.2 Å². The molecule has 0 radical (unpaired) electrons. The molecule has 9 heteroatoms. The third kappa shape index (κ3) is 8.99. The van der Waals surface area contributed by atoms with Crippen molar-refractivity contribution in [1.29, 1.82) is 0 Å². The highest BCUT2D eigenvalue weighted by molar-refractivity contribution is 5.87. The van der Waals surface area contributed by atoms with E-state index < -0.39 is 23.6 Å². The van der Waals surface area contributed by atoms with Crippen molar-refractivity contribution in [2.45, 2.75) is 59.0 Å². The van der Waals surface area contributed by atoms with E-state index in [1.54, 1.807) is 29.2 Å². The summed E-state index contributed by atoms with van der Waals surface area (Å²) in [5, 5.41) is 3.32. The van der Waals surface area contributed by atoms with Gasteiger partial charge in [0.15, 0.2) is 11.6 Å². The van der Waals surface area contributed by atoms with Crippen LogP contribution in [-0.4, -0.2) is 48.3 Å². The maximum absolute atomic E-state index is 14.2. The molecule has 7 nitrogen and oxygen atoms in total. The van der Waals surface area contributed by atoms with Gasteiger partial charge < -0.3 is 19.7 Å². The Hall–Kier alpha value is -3.59. The van der Waals surface area contributed by atoms with Crippen LogP contribution in [0.1, 0.15) is 57.6 Å². The molecule has 2 aromatic rings. The van der Waals surface area contributed by atoms with E-state index in [0.29, 0.717) is 49.4 Å². The van der Waals surface area contributed by atoms with Gasteiger partial charge in [-0.2, -0.15) is 0 Å². The van der Waals surface area contributed by atoms with Crippen LogP contribution in [0.4, 0.5) is 8.78 Å². The molecular weight excluding hydrogens is 506 g/mol. The average molecular weight is 543 g/mol. The van der Waals surface area contributed by atoms with Gasteiger partial charge in [-0.3, -0.25) is 9.59 Å². The lowest BCUT2D eigenvalue weighted by molar-refractivity contribution is -0.138. The summed E-state index contributed by atoms with van der Waals surface area (Å²) < 4.78 is 38.4. The van der Waals surface area contributed by atoms with E-state index in [0.717, 1.165) is 25.0 Å². The number of hydrogen-bond donors (Lipinski definition) is 1. The van der Waals surface area contributed by atoms with Gasteiger partial charge in [0.2, 0.25) is 5.91 Å². The third-order valence-corrected chi connectivity index (χ3v) is 6.46. The van der Waals surface area contributed by atoms with Crippen molar-refractivity contribution in [1.82, 2.24) is 10.2 Å². The minimum atomic E-state index is -0.834. The lowest BCUT2D eigenvalue weighted by Gasteiger charge is -2.32. The third-order valence-electron chi connectivity index (χ3n) is 6.46. The maximum Gasteiger partial charge on any atom is 0.330 e. The number of rotatable bonds is 12. The molecule has 0 unspecified atom stereocenters. The molecule has 3 rings (SSSR count). The second-order valence-electron chi connectivity index (χ2n) is 9.86. The highest BCUT2D eigenvalue weighted by Crippen LogP contribution is 2.28. The molecule has 1 aliphatic heterocycles. The summed E-state index contributed by atoms with van der Waals surface area (Å²) >= 11 is 0. The standard InChI is InChI=1S/C30H36F2N2O5/c1-4-5-16-38-28(36)11-7-21-6-9-25(39-27-10-8-23(31)18-26(27)32)17-22(21)19-33-29(20(2)3)30(37)34-14-12-24(35)13-15-34/h6-11,17-18,20,29,33H,4-5,12-16,19H2,1-3H3/b11-7+/t29-/m1/s1. The first-order chi connectivity index (χ1) is 18.7. The summed E-state index contributed by atoms with van der Waals surface area (Å²) in [5.41, 5.74) is 1.38. The molecule has 1 amide bonds. The van der Waals surface area contributed by atoms with Crippen molar-refractivity contribution in [3.8, 4) is 11.5 Å². The monoisotopic (exact) mass is 542 g/mol. The second-order valence-corrected chi connectivity index (χ2v) is 9.86. The molecule has 39 heavy (non-hydrogen) atoms. The minimum Gasteiger partial charge on any atom is -0.463 e. The predicted octanol–water partition coefficient (Wildman–Crippen LogP) is 5.42. The van der Waals surface area contributed by atoms with Gasteiger partial charge in [-0.25, -0.2) is 13.6 Å². The number of benzene rings is 2. The number of esters is 1. The fraction of sp³-hybridized carbons (Fsp3) is 0.433. The number of halogens is 2. The molecule has 1 N–H and O–H groups in total. The van der Waals surface area contributed by atoms with Crippen LogP contribution in [0.2, 0.25) is 0 Å². The second kappa shape index (κ2) is 14.5. The van der Waals surface area contributed by atoms with Gasteiger partial charge in [-0.05, 0) is 53.8 Å². The number of ether oxygens (including phenoxy) is 2. The van der Waals surface area contributed by atoms with Crippen molar-refractivity contribution < 1.29 is 32.6 Å². The molecule has 2 aromatic carbocycles. The summed E-state index contributed by atoms with van der Waals surface area (Å²) in [6.45, 7) is 7.28. The Balaban J connectivity index is 1.81. The quantitative estimate of drug-likeness (QED) is 0.219. The maximum atomic E-state index is 14.2. The highest BCUT2D eigenvalue weighted by Gasteiger charge is 2.29. The Labute approximate surface area is 228 Å². The lowest BCUT2D eigenvalue weighted by Crippen LogP contribution is -2.51. The molecule has 0 aromatic heterocycles. The van der Waals surface area contributed by atoms with Crippen LogP contribution in [0.15, 0.2) is 42.5 Å². The molecule has 0 saturated carbocycles. The number of ketones is 1. The van der Waals surface area contributed by atoms with E-state index in [1.807, 2.05) is 20.8 Å². The molecule has 1 aliphatic rings. The van der Waals surface area contributed by atoms with Crippen molar-refractivity contribution in [2.24, 2.45) is 5.92 Å². The summed E-state index contributed by atoms with van der Waals surface area (Å²) in [6.07, 6.45) is 5.36. The molecule has 210 valence electrons. The fourth-order valence-electron chi connectivity index (χ4n) is 4.17.